The molecule has 3 atom stereocenters. The Morgan fingerprint density at radius 3 is 2.32 bits per heavy atom. The van der Waals surface area contributed by atoms with E-state index in [2.05, 4.69) is 34.5 Å². The molecule has 2 bridgehead atoms. The fraction of sp³-hybridized carbons (Fsp3) is 0.458. The van der Waals surface area contributed by atoms with Crippen LogP contribution in [0.5, 0.6) is 0 Å². The Morgan fingerprint density at radius 1 is 0.929 bits per heavy atom. The van der Waals surface area contributed by atoms with Gasteiger partial charge in [-0.05, 0) is 41.7 Å². The van der Waals surface area contributed by atoms with Crippen LogP contribution < -0.4 is 5.32 Å². The van der Waals surface area contributed by atoms with Crippen molar-refractivity contribution in [3.8, 4) is 11.1 Å². The first-order valence-corrected chi connectivity index (χ1v) is 10.6. The number of piperazine rings is 1. The van der Waals surface area contributed by atoms with E-state index in [-0.39, 0.29) is 11.7 Å². The summed E-state index contributed by atoms with van der Waals surface area (Å²) in [4.78, 5) is 15.0. The maximum absolute atomic E-state index is 13.5. The molecule has 0 aromatic heterocycles. The minimum Gasteiger partial charge on any atom is -0.339 e. The fourth-order valence-corrected chi connectivity index (χ4v) is 5.34. The van der Waals surface area contributed by atoms with E-state index in [1.165, 1.54) is 30.9 Å². The average Bonchev–Trinajstić information content (AvgIpc) is 2.74. The second kappa shape index (κ2) is 7.32. The molecule has 0 radical (unpaired) electrons. The standard InChI is InChI=1S/C24H27FN2O/c25-20-8-4-7-19(13-20)16-9-11-17(12-10-16)23-21-14-27(15-22(23)26-21)24(28)18-5-2-1-3-6-18/h4,7-13,18,21-23,26H,1-3,5-6,14-15H2/t21-,22+,23?. The first-order valence-electron chi connectivity index (χ1n) is 10.6. The van der Waals surface area contributed by atoms with Crippen molar-refractivity contribution in [1.29, 1.82) is 0 Å². The van der Waals surface area contributed by atoms with E-state index in [9.17, 15) is 9.18 Å². The molecule has 1 amide bonds. The zero-order valence-corrected chi connectivity index (χ0v) is 16.1. The van der Waals surface area contributed by atoms with Gasteiger partial charge >= 0.3 is 0 Å². The minimum atomic E-state index is -0.206. The molecule has 4 aliphatic rings. The van der Waals surface area contributed by atoms with Crippen LogP contribution in [0.1, 0.15) is 43.6 Å². The van der Waals surface area contributed by atoms with Crippen LogP contribution in [0.15, 0.2) is 48.5 Å². The summed E-state index contributed by atoms with van der Waals surface area (Å²) in [5.41, 5.74) is 3.26. The summed E-state index contributed by atoms with van der Waals surface area (Å²) in [5, 5.41) is 3.63. The Kier molecular flexibility index (Phi) is 4.67. The molecule has 146 valence electrons. The van der Waals surface area contributed by atoms with Crippen molar-refractivity contribution in [2.24, 2.45) is 5.92 Å². The molecule has 1 unspecified atom stereocenters. The van der Waals surface area contributed by atoms with Crippen molar-refractivity contribution >= 4 is 5.91 Å². The zero-order valence-electron chi connectivity index (χ0n) is 16.1. The highest BCUT2D eigenvalue weighted by Gasteiger charge is 2.48. The highest BCUT2D eigenvalue weighted by molar-refractivity contribution is 5.79. The highest BCUT2D eigenvalue weighted by Crippen LogP contribution is 2.38. The molecule has 6 rings (SSSR count). The van der Waals surface area contributed by atoms with Crippen LogP contribution >= 0.6 is 0 Å². The molecule has 3 nitrogen and oxygen atoms in total. The molecule has 1 aliphatic carbocycles. The molecule has 1 saturated carbocycles. The molecule has 3 heterocycles. The Morgan fingerprint density at radius 2 is 1.64 bits per heavy atom. The molecule has 4 heteroatoms. The fourth-order valence-electron chi connectivity index (χ4n) is 5.34. The van der Waals surface area contributed by atoms with E-state index in [4.69, 9.17) is 0 Å². The molecule has 28 heavy (non-hydrogen) atoms. The summed E-state index contributed by atoms with van der Waals surface area (Å²) in [6, 6.07) is 15.9. The van der Waals surface area contributed by atoms with Crippen LogP contribution in [-0.4, -0.2) is 36.0 Å². The van der Waals surface area contributed by atoms with Crippen LogP contribution in [0.3, 0.4) is 0 Å². The summed E-state index contributed by atoms with van der Waals surface area (Å²) in [6.07, 6.45) is 5.84. The largest absolute Gasteiger partial charge is 0.339 e. The molecule has 0 spiro atoms. The number of nitrogens with one attached hydrogen (secondary N) is 1. The van der Waals surface area contributed by atoms with E-state index < -0.39 is 0 Å². The van der Waals surface area contributed by atoms with Crippen molar-refractivity contribution in [2.75, 3.05) is 13.1 Å². The van der Waals surface area contributed by atoms with Gasteiger partial charge in [0.25, 0.3) is 0 Å². The normalized spacial score (nSPS) is 27.3. The molecule has 2 aromatic rings. The number of rotatable bonds is 3. The van der Waals surface area contributed by atoms with Crippen molar-refractivity contribution in [1.82, 2.24) is 10.2 Å². The number of benzene rings is 2. The Hall–Kier alpha value is -2.20. The SMILES string of the molecule is O=C(C1CCCCC1)N1C[C@@H]2N[C@H](C1)C2c1ccc(-c2cccc(F)c2)cc1. The summed E-state index contributed by atoms with van der Waals surface area (Å²) >= 11 is 0. The second-order valence-corrected chi connectivity index (χ2v) is 8.62. The van der Waals surface area contributed by atoms with Gasteiger partial charge in [0.15, 0.2) is 0 Å². The zero-order chi connectivity index (χ0) is 19.1. The lowest BCUT2D eigenvalue weighted by Crippen LogP contribution is -2.72. The van der Waals surface area contributed by atoms with Gasteiger partial charge in [-0.3, -0.25) is 4.79 Å². The van der Waals surface area contributed by atoms with Crippen molar-refractivity contribution in [3.05, 3.63) is 59.9 Å². The van der Waals surface area contributed by atoms with Gasteiger partial charge in [-0.25, -0.2) is 4.39 Å². The van der Waals surface area contributed by atoms with Crippen LogP contribution in [0.2, 0.25) is 0 Å². The smallest absolute Gasteiger partial charge is 0.225 e. The number of carbonyl (C=O) groups is 1. The van der Waals surface area contributed by atoms with E-state index in [1.807, 2.05) is 6.07 Å². The van der Waals surface area contributed by atoms with Gasteiger partial charge in [0.2, 0.25) is 5.91 Å². The summed E-state index contributed by atoms with van der Waals surface area (Å²) in [5.74, 6) is 0.908. The third kappa shape index (κ3) is 3.24. The molecule has 3 saturated heterocycles. The number of hydrogen-bond donors (Lipinski definition) is 1. The van der Waals surface area contributed by atoms with Crippen LogP contribution in [0.4, 0.5) is 4.39 Å². The first kappa shape index (κ1) is 17.9. The molecular weight excluding hydrogens is 351 g/mol. The van der Waals surface area contributed by atoms with Gasteiger partial charge in [0, 0.05) is 37.0 Å². The lowest BCUT2D eigenvalue weighted by molar-refractivity contribution is -0.141. The lowest BCUT2D eigenvalue weighted by Gasteiger charge is -2.55. The van der Waals surface area contributed by atoms with Gasteiger partial charge in [-0.15, -0.1) is 0 Å². The number of nitrogens with zero attached hydrogens (tertiary/aromatic N) is 1. The molecule has 2 aromatic carbocycles. The van der Waals surface area contributed by atoms with Crippen molar-refractivity contribution in [2.45, 2.75) is 50.1 Å². The van der Waals surface area contributed by atoms with E-state index in [0.717, 1.165) is 37.1 Å². The maximum atomic E-state index is 13.5. The molecule has 4 fully saturated rings. The average molecular weight is 378 g/mol. The van der Waals surface area contributed by atoms with Crippen LogP contribution in [0.25, 0.3) is 11.1 Å². The highest BCUT2D eigenvalue weighted by atomic mass is 19.1. The van der Waals surface area contributed by atoms with Gasteiger partial charge < -0.3 is 10.2 Å². The van der Waals surface area contributed by atoms with Crippen molar-refractivity contribution < 1.29 is 9.18 Å². The number of amides is 1. The van der Waals surface area contributed by atoms with E-state index in [1.54, 1.807) is 12.1 Å². The molecular formula is C24H27FN2O. The predicted molar refractivity (Wildman–Crippen MR) is 108 cm³/mol. The van der Waals surface area contributed by atoms with Gasteiger partial charge in [0.1, 0.15) is 5.82 Å². The van der Waals surface area contributed by atoms with Crippen LogP contribution in [-0.2, 0) is 4.79 Å². The monoisotopic (exact) mass is 378 g/mol. The number of halogens is 1. The number of hydrogen-bond acceptors (Lipinski definition) is 2. The third-order valence-electron chi connectivity index (χ3n) is 6.85. The molecule has 3 aliphatic heterocycles. The number of fused-ring (bicyclic) bond motifs is 2. The topological polar surface area (TPSA) is 32.3 Å². The number of carbonyl (C=O) groups excluding carboxylic acids is 1. The predicted octanol–water partition coefficient (Wildman–Crippen LogP) is 4.34. The van der Waals surface area contributed by atoms with Gasteiger partial charge in [-0.1, -0.05) is 55.7 Å². The van der Waals surface area contributed by atoms with Crippen LogP contribution in [0, 0.1) is 11.7 Å². The van der Waals surface area contributed by atoms with E-state index >= 15 is 0 Å². The summed E-state index contributed by atoms with van der Waals surface area (Å²) < 4.78 is 13.5. The third-order valence-corrected chi connectivity index (χ3v) is 6.85. The minimum absolute atomic E-state index is 0.206. The van der Waals surface area contributed by atoms with E-state index in [0.29, 0.717) is 23.9 Å². The maximum Gasteiger partial charge on any atom is 0.225 e. The summed E-state index contributed by atoms with van der Waals surface area (Å²) in [7, 11) is 0. The number of piperidine rings is 1. The second-order valence-electron chi connectivity index (χ2n) is 8.62. The van der Waals surface area contributed by atoms with Gasteiger partial charge in [-0.2, -0.15) is 0 Å². The van der Waals surface area contributed by atoms with Crippen molar-refractivity contribution in [3.63, 3.8) is 0 Å². The Bertz CT molecular complexity index is 847. The Balaban J connectivity index is 1.26. The molecule has 1 N–H and O–H groups in total. The lowest BCUT2D eigenvalue weighted by atomic mass is 9.73. The van der Waals surface area contributed by atoms with Gasteiger partial charge in [0.05, 0.1) is 0 Å². The quantitative estimate of drug-likeness (QED) is 0.862. The summed E-state index contributed by atoms with van der Waals surface area (Å²) in [6.45, 7) is 1.64. The Labute approximate surface area is 165 Å². The first-order chi connectivity index (χ1) is 13.7.